The van der Waals surface area contributed by atoms with Crippen molar-refractivity contribution in [1.82, 2.24) is 25.6 Å². The zero-order valence-electron chi connectivity index (χ0n) is 15.8. The first-order valence-corrected chi connectivity index (χ1v) is 9.45. The second-order valence-electron chi connectivity index (χ2n) is 7.09. The lowest BCUT2D eigenvalue weighted by Gasteiger charge is -2.23. The van der Waals surface area contributed by atoms with E-state index in [2.05, 4.69) is 20.9 Å². The molecule has 8 nitrogen and oxygen atoms in total. The van der Waals surface area contributed by atoms with E-state index in [4.69, 9.17) is 0 Å². The molecule has 2 aliphatic rings. The fraction of sp³-hybridized carbons (Fsp3) is 0.474. The summed E-state index contributed by atoms with van der Waals surface area (Å²) in [5.74, 6) is -0.418. The molecule has 2 aromatic rings. The molecule has 3 heterocycles. The molecular formula is C19H25ClN6O2. The number of nitrogens with one attached hydrogen (secondary N) is 2. The minimum absolute atomic E-state index is 0. The number of nitrogens with zero attached hydrogens (tertiary/aromatic N) is 4. The number of aromatic nitrogens is 3. The number of hydrogen-bond acceptors (Lipinski definition) is 5. The molecule has 2 amide bonds. The second kappa shape index (κ2) is 8.70. The minimum Gasteiger partial charge on any atom is -0.339 e. The van der Waals surface area contributed by atoms with E-state index in [0.717, 1.165) is 37.3 Å². The number of hydrogen-bond donors (Lipinski definition) is 2. The summed E-state index contributed by atoms with van der Waals surface area (Å²) in [5.41, 5.74) is 1.91. The van der Waals surface area contributed by atoms with Crippen molar-refractivity contribution in [2.45, 2.75) is 38.3 Å². The van der Waals surface area contributed by atoms with Crippen molar-refractivity contribution in [2.24, 2.45) is 0 Å². The molecule has 1 unspecified atom stereocenters. The molecule has 28 heavy (non-hydrogen) atoms. The molecule has 150 valence electrons. The number of carbonyl (C=O) groups is 2. The Hall–Kier alpha value is -2.45. The number of benzene rings is 1. The van der Waals surface area contributed by atoms with Gasteiger partial charge in [-0.3, -0.25) is 9.59 Å². The summed E-state index contributed by atoms with van der Waals surface area (Å²) >= 11 is 0. The van der Waals surface area contributed by atoms with Crippen LogP contribution in [0.5, 0.6) is 0 Å². The van der Waals surface area contributed by atoms with Gasteiger partial charge in [-0.25, -0.2) is 4.68 Å². The van der Waals surface area contributed by atoms with Gasteiger partial charge in [-0.2, -0.15) is 0 Å². The summed E-state index contributed by atoms with van der Waals surface area (Å²) in [7, 11) is 0. The Balaban J connectivity index is 0.00000225. The van der Waals surface area contributed by atoms with Crippen LogP contribution in [0.25, 0.3) is 0 Å². The van der Waals surface area contributed by atoms with Gasteiger partial charge in [-0.1, -0.05) is 23.4 Å². The Bertz CT molecular complexity index is 834. The first-order chi connectivity index (χ1) is 13.1. The number of halogens is 1. The summed E-state index contributed by atoms with van der Waals surface area (Å²) in [4.78, 5) is 27.1. The van der Waals surface area contributed by atoms with Crippen LogP contribution >= 0.6 is 12.4 Å². The lowest BCUT2D eigenvalue weighted by molar-refractivity contribution is -0.118. The number of piperidine rings is 1. The van der Waals surface area contributed by atoms with Gasteiger partial charge < -0.3 is 15.5 Å². The molecule has 1 atom stereocenters. The standard InChI is InChI=1S/C19H24N6O2.ClH/c1-13-17(22-23-25(13)15-7-10-20-11-8-15)18(26)21-16-9-12-24(19(16)27)14-5-3-2-4-6-14;/h2-6,15-16,20H,7-12H2,1H3,(H,21,26);1H. The lowest BCUT2D eigenvalue weighted by atomic mass is 10.1. The molecule has 2 saturated heterocycles. The van der Waals surface area contributed by atoms with Gasteiger partial charge in [0.2, 0.25) is 5.91 Å². The average molecular weight is 405 g/mol. The highest BCUT2D eigenvalue weighted by Crippen LogP contribution is 2.22. The highest BCUT2D eigenvalue weighted by molar-refractivity contribution is 6.03. The van der Waals surface area contributed by atoms with Crippen molar-refractivity contribution in [3.63, 3.8) is 0 Å². The second-order valence-corrected chi connectivity index (χ2v) is 7.09. The Morgan fingerprint density at radius 1 is 1.18 bits per heavy atom. The number of anilines is 1. The van der Waals surface area contributed by atoms with Gasteiger partial charge in [-0.15, -0.1) is 17.5 Å². The third kappa shape index (κ3) is 3.88. The van der Waals surface area contributed by atoms with E-state index in [1.54, 1.807) is 4.90 Å². The maximum atomic E-state index is 12.7. The van der Waals surface area contributed by atoms with Gasteiger partial charge >= 0.3 is 0 Å². The molecule has 1 aromatic heterocycles. The zero-order valence-corrected chi connectivity index (χ0v) is 16.6. The Kier molecular flexibility index (Phi) is 6.31. The summed E-state index contributed by atoms with van der Waals surface area (Å²) in [6.45, 7) is 4.34. The number of amides is 2. The van der Waals surface area contributed by atoms with Crippen molar-refractivity contribution in [1.29, 1.82) is 0 Å². The Labute approximate surface area is 170 Å². The van der Waals surface area contributed by atoms with E-state index in [9.17, 15) is 9.59 Å². The van der Waals surface area contributed by atoms with E-state index in [-0.39, 0.29) is 30.3 Å². The highest BCUT2D eigenvalue weighted by atomic mass is 35.5. The van der Waals surface area contributed by atoms with E-state index in [1.807, 2.05) is 41.9 Å². The molecule has 0 radical (unpaired) electrons. The van der Waals surface area contributed by atoms with Crippen molar-refractivity contribution < 1.29 is 9.59 Å². The van der Waals surface area contributed by atoms with Gasteiger partial charge in [0.15, 0.2) is 5.69 Å². The monoisotopic (exact) mass is 404 g/mol. The lowest BCUT2D eigenvalue weighted by Crippen LogP contribution is -2.42. The molecule has 0 saturated carbocycles. The molecule has 2 fully saturated rings. The highest BCUT2D eigenvalue weighted by Gasteiger charge is 2.34. The van der Waals surface area contributed by atoms with Gasteiger partial charge in [-0.05, 0) is 51.4 Å². The fourth-order valence-corrected chi connectivity index (χ4v) is 3.85. The third-order valence-electron chi connectivity index (χ3n) is 5.38. The predicted octanol–water partition coefficient (Wildman–Crippen LogP) is 1.47. The molecule has 4 rings (SSSR count). The van der Waals surface area contributed by atoms with Crippen LogP contribution < -0.4 is 15.5 Å². The van der Waals surface area contributed by atoms with Crippen LogP contribution in [0.4, 0.5) is 5.69 Å². The van der Waals surface area contributed by atoms with E-state index in [1.165, 1.54) is 0 Å². The average Bonchev–Trinajstić information content (AvgIpc) is 3.26. The number of carbonyl (C=O) groups excluding carboxylic acids is 2. The van der Waals surface area contributed by atoms with Crippen molar-refractivity contribution in [3.05, 3.63) is 41.7 Å². The number of para-hydroxylation sites is 1. The molecule has 0 spiro atoms. The topological polar surface area (TPSA) is 92.2 Å². The van der Waals surface area contributed by atoms with Crippen molar-refractivity contribution >= 4 is 29.9 Å². The summed E-state index contributed by atoms with van der Waals surface area (Å²) < 4.78 is 1.85. The van der Waals surface area contributed by atoms with Crippen molar-refractivity contribution in [3.8, 4) is 0 Å². The van der Waals surface area contributed by atoms with Crippen LogP contribution in [-0.2, 0) is 4.79 Å². The third-order valence-corrected chi connectivity index (χ3v) is 5.38. The maximum Gasteiger partial charge on any atom is 0.274 e. The predicted molar refractivity (Wildman–Crippen MR) is 108 cm³/mol. The van der Waals surface area contributed by atoms with Gasteiger partial charge in [0, 0.05) is 12.2 Å². The Morgan fingerprint density at radius 2 is 1.89 bits per heavy atom. The van der Waals surface area contributed by atoms with Crippen LogP contribution in [-0.4, -0.2) is 52.5 Å². The molecule has 2 aliphatic heterocycles. The molecule has 1 aromatic carbocycles. The quantitative estimate of drug-likeness (QED) is 0.805. The molecule has 0 bridgehead atoms. The zero-order chi connectivity index (χ0) is 18.8. The molecule has 2 N–H and O–H groups in total. The maximum absolute atomic E-state index is 12.7. The van der Waals surface area contributed by atoms with Gasteiger partial charge in [0.1, 0.15) is 6.04 Å². The van der Waals surface area contributed by atoms with E-state index >= 15 is 0 Å². The summed E-state index contributed by atoms with van der Waals surface area (Å²) in [6, 6.07) is 9.25. The SMILES string of the molecule is Cc1c(C(=O)NC2CCN(c3ccccc3)C2=O)nnn1C1CCNCC1.Cl. The summed E-state index contributed by atoms with van der Waals surface area (Å²) in [5, 5.41) is 14.5. The molecule has 9 heteroatoms. The van der Waals surface area contributed by atoms with Crippen LogP contribution in [0.3, 0.4) is 0 Å². The first kappa shape index (κ1) is 20.3. The van der Waals surface area contributed by atoms with Crippen LogP contribution in [0.15, 0.2) is 30.3 Å². The fourth-order valence-electron chi connectivity index (χ4n) is 3.85. The van der Waals surface area contributed by atoms with E-state index < -0.39 is 6.04 Å². The Morgan fingerprint density at radius 3 is 2.61 bits per heavy atom. The normalized spacial score (nSPS) is 20.1. The van der Waals surface area contributed by atoms with Crippen LogP contribution in [0, 0.1) is 6.92 Å². The molecular weight excluding hydrogens is 380 g/mol. The summed E-state index contributed by atoms with van der Waals surface area (Å²) in [6.07, 6.45) is 2.53. The van der Waals surface area contributed by atoms with Crippen LogP contribution in [0.2, 0.25) is 0 Å². The smallest absolute Gasteiger partial charge is 0.274 e. The van der Waals surface area contributed by atoms with Crippen LogP contribution in [0.1, 0.15) is 41.5 Å². The van der Waals surface area contributed by atoms with Gasteiger partial charge in [0.05, 0.1) is 11.7 Å². The van der Waals surface area contributed by atoms with E-state index in [0.29, 0.717) is 18.7 Å². The van der Waals surface area contributed by atoms with Gasteiger partial charge in [0.25, 0.3) is 5.91 Å². The molecule has 0 aliphatic carbocycles. The largest absolute Gasteiger partial charge is 0.339 e. The van der Waals surface area contributed by atoms with Crippen molar-refractivity contribution in [2.75, 3.05) is 24.5 Å². The minimum atomic E-state index is -0.527. The number of rotatable bonds is 4. The first-order valence-electron chi connectivity index (χ1n) is 9.45.